The van der Waals surface area contributed by atoms with E-state index >= 15 is 0 Å². The number of anilines is 1. The molecule has 142 valence electrons. The van der Waals surface area contributed by atoms with Gasteiger partial charge in [-0.3, -0.25) is 10.1 Å². The number of aromatic nitrogens is 1. The Morgan fingerprint density at radius 2 is 2.15 bits per heavy atom. The minimum Gasteiger partial charge on any atom is -0.335 e. The first-order valence-corrected chi connectivity index (χ1v) is 10.3. The third-order valence-electron chi connectivity index (χ3n) is 5.81. The molecule has 0 radical (unpaired) electrons. The molecule has 1 saturated carbocycles. The summed E-state index contributed by atoms with van der Waals surface area (Å²) in [5.41, 5.74) is 1.38. The monoisotopic (exact) mass is 384 g/mol. The summed E-state index contributed by atoms with van der Waals surface area (Å²) in [5, 5.41) is 7.01. The number of likely N-dealkylation sites (tertiary alicyclic amines) is 1. The Labute approximate surface area is 163 Å². The highest BCUT2D eigenvalue weighted by atomic mass is 32.1. The average Bonchev–Trinajstić information content (AvgIpc) is 3.10. The van der Waals surface area contributed by atoms with Gasteiger partial charge in [-0.05, 0) is 59.2 Å². The van der Waals surface area contributed by atoms with Crippen LogP contribution in [0.3, 0.4) is 0 Å². The maximum absolute atomic E-state index is 12.4. The van der Waals surface area contributed by atoms with Gasteiger partial charge in [0.05, 0.1) is 0 Å². The molecule has 1 aliphatic carbocycles. The number of urea groups is 1. The molecule has 2 aliphatic rings. The smallest absolute Gasteiger partial charge is 0.323 e. The van der Waals surface area contributed by atoms with Crippen LogP contribution in [0, 0.1) is 5.41 Å². The van der Waals surface area contributed by atoms with Gasteiger partial charge in [-0.25, -0.2) is 9.78 Å². The Balaban J connectivity index is 1.33. The summed E-state index contributed by atoms with van der Waals surface area (Å²) in [7, 11) is 0. The Hall–Kier alpha value is -2.41. The van der Waals surface area contributed by atoms with E-state index < -0.39 is 0 Å². The largest absolute Gasteiger partial charge is 0.335 e. The normalized spacial score (nSPS) is 20.3. The third kappa shape index (κ3) is 3.83. The van der Waals surface area contributed by atoms with Crippen molar-refractivity contribution in [2.45, 2.75) is 38.8 Å². The summed E-state index contributed by atoms with van der Waals surface area (Å²) in [6, 6.07) is 7.75. The van der Waals surface area contributed by atoms with Crippen molar-refractivity contribution in [1.82, 2.24) is 14.8 Å². The van der Waals surface area contributed by atoms with Gasteiger partial charge in [0.2, 0.25) is 5.91 Å². The van der Waals surface area contributed by atoms with Crippen molar-refractivity contribution in [3.05, 3.63) is 46.8 Å². The van der Waals surface area contributed by atoms with Gasteiger partial charge in [0, 0.05) is 38.8 Å². The van der Waals surface area contributed by atoms with Gasteiger partial charge in [-0.1, -0.05) is 6.07 Å². The van der Waals surface area contributed by atoms with Crippen LogP contribution in [0.25, 0.3) is 0 Å². The number of amides is 3. The van der Waals surface area contributed by atoms with Crippen molar-refractivity contribution in [3.8, 4) is 0 Å². The maximum Gasteiger partial charge on any atom is 0.323 e. The van der Waals surface area contributed by atoms with E-state index in [1.807, 2.05) is 21.9 Å². The van der Waals surface area contributed by atoms with Crippen LogP contribution in [0.5, 0.6) is 0 Å². The van der Waals surface area contributed by atoms with E-state index in [0.29, 0.717) is 18.4 Å². The molecule has 6 nitrogen and oxygen atoms in total. The van der Waals surface area contributed by atoms with Crippen LogP contribution < -0.4 is 5.32 Å². The predicted molar refractivity (Wildman–Crippen MR) is 105 cm³/mol. The number of hydrogen-bond donors (Lipinski definition) is 1. The molecule has 2 aromatic heterocycles. The highest BCUT2D eigenvalue weighted by Gasteiger charge is 2.58. The van der Waals surface area contributed by atoms with Crippen molar-refractivity contribution in [3.63, 3.8) is 0 Å². The molecule has 1 aliphatic heterocycles. The number of thiophene rings is 1. The van der Waals surface area contributed by atoms with Crippen LogP contribution in [0.4, 0.5) is 10.6 Å². The van der Waals surface area contributed by atoms with Crippen molar-refractivity contribution >= 4 is 29.1 Å². The fourth-order valence-electron chi connectivity index (χ4n) is 4.11. The van der Waals surface area contributed by atoms with E-state index in [4.69, 9.17) is 0 Å². The van der Waals surface area contributed by atoms with E-state index in [0.717, 1.165) is 32.4 Å². The lowest BCUT2D eigenvalue weighted by molar-refractivity contribution is -0.130. The second-order valence-corrected chi connectivity index (χ2v) is 8.27. The molecule has 1 atom stereocenters. The molecular weight excluding hydrogens is 360 g/mol. The minimum atomic E-state index is -0.0950. The number of nitrogens with zero attached hydrogens (tertiary/aromatic N) is 3. The van der Waals surface area contributed by atoms with Crippen LogP contribution in [0.1, 0.15) is 31.7 Å². The minimum absolute atomic E-state index is 0.0950. The van der Waals surface area contributed by atoms with E-state index in [1.54, 1.807) is 30.5 Å². The number of hydrogen-bond acceptors (Lipinski definition) is 4. The van der Waals surface area contributed by atoms with Crippen molar-refractivity contribution in [1.29, 1.82) is 0 Å². The maximum atomic E-state index is 12.4. The van der Waals surface area contributed by atoms with Crippen molar-refractivity contribution < 1.29 is 9.59 Å². The Morgan fingerprint density at radius 1 is 1.33 bits per heavy atom. The van der Waals surface area contributed by atoms with E-state index in [-0.39, 0.29) is 17.4 Å². The molecule has 2 aromatic rings. The summed E-state index contributed by atoms with van der Waals surface area (Å²) in [6.45, 7) is 3.79. The van der Waals surface area contributed by atoms with Gasteiger partial charge < -0.3 is 9.80 Å². The van der Waals surface area contributed by atoms with Crippen LogP contribution in [-0.4, -0.2) is 45.9 Å². The van der Waals surface area contributed by atoms with Crippen LogP contribution >= 0.6 is 11.3 Å². The zero-order valence-electron chi connectivity index (χ0n) is 15.4. The standard InChI is InChI=1S/C20H24N4O2S/c1-15(25)24(13-16-5-11-27-14-16)17-12-20(17)6-9-23(10-7-20)19(26)22-18-4-2-3-8-21-18/h2-5,8,11,14,17H,6-7,9-10,12-13H2,1H3,(H,21,22,26). The van der Waals surface area contributed by atoms with E-state index in [2.05, 4.69) is 27.1 Å². The topological polar surface area (TPSA) is 65.5 Å². The number of nitrogens with one attached hydrogen (secondary N) is 1. The number of piperidine rings is 1. The highest BCUT2D eigenvalue weighted by Crippen LogP contribution is 2.57. The van der Waals surface area contributed by atoms with Crippen LogP contribution in [-0.2, 0) is 11.3 Å². The summed E-state index contributed by atoms with van der Waals surface area (Å²) in [4.78, 5) is 32.7. The summed E-state index contributed by atoms with van der Waals surface area (Å²) in [5.74, 6) is 0.712. The second-order valence-electron chi connectivity index (χ2n) is 7.49. The lowest BCUT2D eigenvalue weighted by Crippen LogP contribution is -2.44. The van der Waals surface area contributed by atoms with Crippen LogP contribution in [0.2, 0.25) is 0 Å². The molecule has 3 amide bonds. The molecular formula is C20H24N4O2S. The molecule has 1 N–H and O–H groups in total. The van der Waals surface area contributed by atoms with E-state index in [9.17, 15) is 9.59 Å². The summed E-state index contributed by atoms with van der Waals surface area (Å²) in [6.07, 6.45) is 4.60. The van der Waals surface area contributed by atoms with Gasteiger partial charge in [0.15, 0.2) is 0 Å². The fourth-order valence-corrected chi connectivity index (χ4v) is 4.76. The number of rotatable bonds is 4. The van der Waals surface area contributed by atoms with Gasteiger partial charge in [-0.2, -0.15) is 11.3 Å². The zero-order chi connectivity index (χ0) is 18.9. The fraction of sp³-hybridized carbons (Fsp3) is 0.450. The Kier molecular flexibility index (Phi) is 4.86. The van der Waals surface area contributed by atoms with Crippen molar-refractivity contribution in [2.75, 3.05) is 18.4 Å². The zero-order valence-corrected chi connectivity index (χ0v) is 16.2. The van der Waals surface area contributed by atoms with Crippen molar-refractivity contribution in [2.24, 2.45) is 5.41 Å². The predicted octanol–water partition coefficient (Wildman–Crippen LogP) is 3.58. The molecule has 4 rings (SSSR count). The van der Waals surface area contributed by atoms with Gasteiger partial charge in [-0.15, -0.1) is 0 Å². The number of carbonyl (C=O) groups excluding carboxylic acids is 2. The third-order valence-corrected chi connectivity index (χ3v) is 6.54. The lowest BCUT2D eigenvalue weighted by atomic mass is 9.92. The molecule has 1 spiro atoms. The SMILES string of the molecule is CC(=O)N(Cc1ccsc1)C1CC12CCN(C(=O)Nc1ccccn1)CC2. The van der Waals surface area contributed by atoms with Gasteiger partial charge >= 0.3 is 6.03 Å². The Morgan fingerprint density at radius 3 is 2.78 bits per heavy atom. The second kappa shape index (κ2) is 7.31. The molecule has 0 bridgehead atoms. The first-order chi connectivity index (χ1) is 13.1. The van der Waals surface area contributed by atoms with Crippen LogP contribution in [0.15, 0.2) is 41.2 Å². The molecule has 1 saturated heterocycles. The molecule has 2 fully saturated rings. The van der Waals surface area contributed by atoms with Gasteiger partial charge in [0.25, 0.3) is 0 Å². The molecule has 7 heteroatoms. The number of pyridine rings is 1. The lowest BCUT2D eigenvalue weighted by Gasteiger charge is -2.34. The quantitative estimate of drug-likeness (QED) is 0.876. The molecule has 27 heavy (non-hydrogen) atoms. The first kappa shape index (κ1) is 18.0. The summed E-state index contributed by atoms with van der Waals surface area (Å²) >= 11 is 1.66. The summed E-state index contributed by atoms with van der Waals surface area (Å²) < 4.78 is 0. The Bertz CT molecular complexity index is 801. The molecule has 1 unspecified atom stereocenters. The molecule has 3 heterocycles. The molecule has 0 aromatic carbocycles. The first-order valence-electron chi connectivity index (χ1n) is 9.33. The van der Waals surface area contributed by atoms with E-state index in [1.165, 1.54) is 5.56 Å². The van der Waals surface area contributed by atoms with Gasteiger partial charge in [0.1, 0.15) is 5.82 Å². The highest BCUT2D eigenvalue weighted by molar-refractivity contribution is 7.07. The average molecular weight is 385 g/mol. The number of carbonyl (C=O) groups is 2.